The van der Waals surface area contributed by atoms with Gasteiger partial charge in [0.1, 0.15) is 6.54 Å². The fourth-order valence-corrected chi connectivity index (χ4v) is 4.48. The molecule has 1 aromatic heterocycles. The number of amides is 3. The van der Waals surface area contributed by atoms with Gasteiger partial charge >= 0.3 is 0 Å². The molecule has 1 aliphatic heterocycles. The molecule has 0 aromatic carbocycles. The van der Waals surface area contributed by atoms with Gasteiger partial charge < -0.3 is 5.32 Å². The highest BCUT2D eigenvalue weighted by Gasteiger charge is 2.31. The van der Waals surface area contributed by atoms with Gasteiger partial charge in [-0.25, -0.2) is 0 Å². The van der Waals surface area contributed by atoms with E-state index >= 15 is 0 Å². The molecule has 2 heterocycles. The second kappa shape index (κ2) is 7.21. The molecule has 3 amide bonds. The van der Waals surface area contributed by atoms with Crippen molar-refractivity contribution in [3.8, 4) is 0 Å². The molecule has 4 rings (SSSR count). The van der Waals surface area contributed by atoms with Crippen molar-refractivity contribution in [3.63, 3.8) is 0 Å². The number of fused-ring (bicyclic) bond motifs is 1. The van der Waals surface area contributed by atoms with Gasteiger partial charge in [-0.2, -0.15) is 5.10 Å². The van der Waals surface area contributed by atoms with Crippen molar-refractivity contribution < 1.29 is 14.4 Å². The number of carbonyl (C=O) groups excluding carboxylic acids is 3. The summed E-state index contributed by atoms with van der Waals surface area (Å²) in [5.41, 5.74) is 3.62. The molecule has 1 aromatic rings. The van der Waals surface area contributed by atoms with Crippen molar-refractivity contribution >= 4 is 17.7 Å². The van der Waals surface area contributed by atoms with Gasteiger partial charge in [-0.05, 0) is 44.1 Å². The fourth-order valence-electron chi connectivity index (χ4n) is 4.48. The van der Waals surface area contributed by atoms with Gasteiger partial charge in [-0.3, -0.25) is 24.0 Å². The van der Waals surface area contributed by atoms with Crippen LogP contribution in [-0.4, -0.2) is 38.9 Å². The number of likely N-dealkylation sites (tertiary alicyclic amines) is 1. The van der Waals surface area contributed by atoms with Crippen molar-refractivity contribution in [3.05, 3.63) is 17.0 Å². The Morgan fingerprint density at radius 1 is 1.00 bits per heavy atom. The summed E-state index contributed by atoms with van der Waals surface area (Å²) in [7, 11) is 0. The van der Waals surface area contributed by atoms with Crippen LogP contribution in [0.1, 0.15) is 74.4 Å². The minimum Gasteiger partial charge on any atom is -0.349 e. The minimum atomic E-state index is -0.298. The van der Waals surface area contributed by atoms with Crippen LogP contribution >= 0.6 is 0 Å². The first-order chi connectivity index (χ1) is 12.6. The van der Waals surface area contributed by atoms with Crippen molar-refractivity contribution in [1.29, 1.82) is 0 Å². The van der Waals surface area contributed by atoms with Crippen LogP contribution in [0, 0.1) is 0 Å². The number of nitrogens with one attached hydrogen (secondary N) is 1. The summed E-state index contributed by atoms with van der Waals surface area (Å²) in [5, 5.41) is 7.72. The lowest BCUT2D eigenvalue weighted by Crippen LogP contribution is -2.39. The van der Waals surface area contributed by atoms with E-state index in [1.54, 1.807) is 0 Å². The van der Waals surface area contributed by atoms with E-state index in [-0.39, 0.29) is 37.1 Å². The molecule has 2 aliphatic carbocycles. The van der Waals surface area contributed by atoms with Gasteiger partial charge in [0.15, 0.2) is 0 Å². The SMILES string of the molecule is O=C(CN1C(=O)CCC1=O)NCc1nn(C2CCCC2)c2c1CCCC2. The van der Waals surface area contributed by atoms with Crippen LogP contribution in [0.4, 0.5) is 0 Å². The van der Waals surface area contributed by atoms with E-state index in [0.717, 1.165) is 23.4 Å². The van der Waals surface area contributed by atoms with Gasteiger partial charge in [0, 0.05) is 18.5 Å². The van der Waals surface area contributed by atoms with Crippen molar-refractivity contribution in [1.82, 2.24) is 20.0 Å². The Labute approximate surface area is 153 Å². The summed E-state index contributed by atoms with van der Waals surface area (Å²) in [4.78, 5) is 36.6. The van der Waals surface area contributed by atoms with E-state index in [4.69, 9.17) is 5.10 Å². The molecule has 2 fully saturated rings. The van der Waals surface area contributed by atoms with Crippen LogP contribution < -0.4 is 5.32 Å². The van der Waals surface area contributed by atoms with Crippen LogP contribution in [0.3, 0.4) is 0 Å². The van der Waals surface area contributed by atoms with E-state index in [1.807, 2.05) is 0 Å². The quantitative estimate of drug-likeness (QED) is 0.811. The first-order valence-electron chi connectivity index (χ1n) is 9.82. The van der Waals surface area contributed by atoms with E-state index in [2.05, 4.69) is 10.00 Å². The fraction of sp³-hybridized carbons (Fsp3) is 0.684. The first-order valence-corrected chi connectivity index (χ1v) is 9.82. The average Bonchev–Trinajstić information content (AvgIpc) is 3.36. The zero-order valence-electron chi connectivity index (χ0n) is 15.1. The topological polar surface area (TPSA) is 84.3 Å². The van der Waals surface area contributed by atoms with Gasteiger partial charge in [-0.15, -0.1) is 0 Å². The van der Waals surface area contributed by atoms with Gasteiger partial charge in [0.2, 0.25) is 17.7 Å². The predicted octanol–water partition coefficient (Wildman–Crippen LogP) is 1.64. The molecule has 1 N–H and O–H groups in total. The lowest BCUT2D eigenvalue weighted by molar-refractivity contribution is -0.142. The van der Waals surface area contributed by atoms with Gasteiger partial charge in [0.25, 0.3) is 0 Å². The molecule has 140 valence electrons. The number of imide groups is 1. The number of nitrogens with zero attached hydrogens (tertiary/aromatic N) is 3. The molecule has 1 saturated heterocycles. The Morgan fingerprint density at radius 2 is 1.69 bits per heavy atom. The largest absolute Gasteiger partial charge is 0.349 e. The van der Waals surface area contributed by atoms with E-state index in [0.29, 0.717) is 12.6 Å². The number of rotatable bonds is 5. The van der Waals surface area contributed by atoms with Crippen LogP contribution in [0.15, 0.2) is 0 Å². The molecular weight excluding hydrogens is 332 g/mol. The molecule has 7 heteroatoms. The molecule has 0 bridgehead atoms. The minimum absolute atomic E-state index is 0.177. The maximum Gasteiger partial charge on any atom is 0.240 e. The van der Waals surface area contributed by atoms with E-state index < -0.39 is 0 Å². The normalized spacial score (nSPS) is 20.7. The Balaban J connectivity index is 1.43. The highest BCUT2D eigenvalue weighted by Crippen LogP contribution is 2.34. The second-order valence-corrected chi connectivity index (χ2v) is 7.61. The number of aromatic nitrogens is 2. The summed E-state index contributed by atoms with van der Waals surface area (Å²) in [6, 6.07) is 0.506. The standard InChI is InChI=1S/C19H26N4O3/c24-17(12-22-18(25)9-10-19(22)26)20-11-15-14-7-3-4-8-16(14)23(21-15)13-5-1-2-6-13/h13H,1-12H2,(H,20,24). The molecular formula is C19H26N4O3. The molecule has 3 aliphatic rings. The second-order valence-electron chi connectivity index (χ2n) is 7.61. The Hall–Kier alpha value is -2.18. The number of hydrogen-bond donors (Lipinski definition) is 1. The molecule has 1 saturated carbocycles. The third-order valence-corrected chi connectivity index (χ3v) is 5.87. The Bertz CT molecular complexity index is 717. The van der Waals surface area contributed by atoms with Crippen molar-refractivity contribution in [2.45, 2.75) is 76.8 Å². The molecule has 0 unspecified atom stereocenters. The monoisotopic (exact) mass is 358 g/mol. The van der Waals surface area contributed by atoms with E-state index in [1.165, 1.54) is 49.8 Å². The smallest absolute Gasteiger partial charge is 0.240 e. The number of hydrogen-bond acceptors (Lipinski definition) is 4. The van der Waals surface area contributed by atoms with Crippen LogP contribution in [-0.2, 0) is 33.8 Å². The summed E-state index contributed by atoms with van der Waals surface area (Å²) in [6.45, 7) is 0.195. The predicted molar refractivity (Wildman–Crippen MR) is 94.2 cm³/mol. The first kappa shape index (κ1) is 17.2. The Morgan fingerprint density at radius 3 is 2.42 bits per heavy atom. The molecule has 26 heavy (non-hydrogen) atoms. The summed E-state index contributed by atoms with van der Waals surface area (Å²) >= 11 is 0. The van der Waals surface area contributed by atoms with Crippen LogP contribution in [0.25, 0.3) is 0 Å². The number of carbonyl (C=O) groups is 3. The zero-order valence-corrected chi connectivity index (χ0v) is 15.1. The lowest BCUT2D eigenvalue weighted by Gasteiger charge is -2.18. The van der Waals surface area contributed by atoms with E-state index in [9.17, 15) is 14.4 Å². The molecule has 0 atom stereocenters. The maximum absolute atomic E-state index is 12.2. The summed E-state index contributed by atoms with van der Waals surface area (Å²) in [6.07, 6.45) is 9.82. The molecule has 7 nitrogen and oxygen atoms in total. The third-order valence-electron chi connectivity index (χ3n) is 5.87. The highest BCUT2D eigenvalue weighted by molar-refractivity contribution is 6.04. The summed E-state index contributed by atoms with van der Waals surface area (Å²) in [5.74, 6) is -0.811. The lowest BCUT2D eigenvalue weighted by atomic mass is 9.95. The summed E-state index contributed by atoms with van der Waals surface area (Å²) < 4.78 is 2.23. The average molecular weight is 358 g/mol. The van der Waals surface area contributed by atoms with Crippen LogP contribution in [0.5, 0.6) is 0 Å². The zero-order chi connectivity index (χ0) is 18.1. The van der Waals surface area contributed by atoms with Gasteiger partial charge in [-0.1, -0.05) is 12.8 Å². The van der Waals surface area contributed by atoms with Gasteiger partial charge in [0.05, 0.1) is 18.3 Å². The van der Waals surface area contributed by atoms with Crippen molar-refractivity contribution in [2.24, 2.45) is 0 Å². The third kappa shape index (κ3) is 3.27. The molecule has 0 radical (unpaired) electrons. The molecule has 0 spiro atoms. The maximum atomic E-state index is 12.2. The Kier molecular flexibility index (Phi) is 4.78. The highest BCUT2D eigenvalue weighted by atomic mass is 16.2. The van der Waals surface area contributed by atoms with Crippen molar-refractivity contribution in [2.75, 3.05) is 6.54 Å². The van der Waals surface area contributed by atoms with Crippen LogP contribution in [0.2, 0.25) is 0 Å².